The van der Waals surface area contributed by atoms with Crippen LogP contribution < -0.4 is 0 Å². The molecule has 1 amide bonds. The first-order valence-corrected chi connectivity index (χ1v) is 8.04. The summed E-state index contributed by atoms with van der Waals surface area (Å²) >= 11 is 0. The lowest BCUT2D eigenvalue weighted by atomic mass is 10.2. The normalized spacial score (nSPS) is 10.6. The summed E-state index contributed by atoms with van der Waals surface area (Å²) in [7, 11) is 0. The third kappa shape index (κ3) is 18.3. The number of amides is 1. The summed E-state index contributed by atoms with van der Waals surface area (Å²) < 4.78 is 0. The molecule has 23 heavy (non-hydrogen) atoms. The Morgan fingerprint density at radius 3 is 1.91 bits per heavy atom. The van der Waals surface area contributed by atoms with Crippen molar-refractivity contribution in [2.45, 2.75) is 46.0 Å². The highest BCUT2D eigenvalue weighted by molar-refractivity contribution is 5.77. The number of aliphatic hydroxyl groups excluding tert-OH is 2. The van der Waals surface area contributed by atoms with E-state index in [9.17, 15) is 9.59 Å². The second-order valence-corrected chi connectivity index (χ2v) is 4.77. The summed E-state index contributed by atoms with van der Waals surface area (Å²) in [6.45, 7) is 4.51. The molecule has 0 bridgehead atoms. The van der Waals surface area contributed by atoms with Gasteiger partial charge in [-0.3, -0.25) is 9.59 Å². The minimum atomic E-state index is -0.769. The number of aliphatic hydroxyl groups is 2. The summed E-state index contributed by atoms with van der Waals surface area (Å²) in [4.78, 5) is 22.8. The van der Waals surface area contributed by atoms with Crippen molar-refractivity contribution in [1.82, 2.24) is 4.90 Å². The number of carboxylic acids is 1. The molecule has 0 heterocycles. The number of allylic oxidation sites excluding steroid dienone is 2. The highest BCUT2D eigenvalue weighted by Gasteiger charge is 2.09. The van der Waals surface area contributed by atoms with E-state index in [2.05, 4.69) is 6.92 Å². The first kappa shape index (κ1) is 23.6. The Balaban J connectivity index is 0. The summed E-state index contributed by atoms with van der Waals surface area (Å²) in [6.07, 6.45) is 10.8. The van der Waals surface area contributed by atoms with E-state index in [1.165, 1.54) is 4.90 Å². The predicted octanol–water partition coefficient (Wildman–Crippen LogP) is 1.97. The van der Waals surface area contributed by atoms with E-state index in [1.807, 2.05) is 25.2 Å². The molecule has 0 saturated heterocycles. The van der Waals surface area contributed by atoms with Crippen molar-refractivity contribution in [3.8, 4) is 0 Å². The first-order chi connectivity index (χ1) is 11.0. The summed E-state index contributed by atoms with van der Waals surface area (Å²) in [6, 6.07) is 0. The second-order valence-electron chi connectivity index (χ2n) is 4.77. The Labute approximate surface area is 139 Å². The third-order valence-corrected chi connectivity index (χ3v) is 2.70. The van der Waals surface area contributed by atoms with Gasteiger partial charge in [-0.2, -0.15) is 0 Å². The van der Waals surface area contributed by atoms with Crippen LogP contribution in [0.25, 0.3) is 0 Å². The van der Waals surface area contributed by atoms with Gasteiger partial charge in [0.15, 0.2) is 0 Å². The van der Waals surface area contributed by atoms with Gasteiger partial charge in [-0.05, 0) is 12.8 Å². The van der Waals surface area contributed by atoms with Gasteiger partial charge < -0.3 is 20.2 Å². The molecule has 0 spiro atoms. The topological polar surface area (TPSA) is 98.1 Å². The average Bonchev–Trinajstić information content (AvgIpc) is 2.52. The van der Waals surface area contributed by atoms with Gasteiger partial charge in [-0.1, -0.05) is 44.6 Å². The van der Waals surface area contributed by atoms with Crippen LogP contribution in [0.1, 0.15) is 46.0 Å². The highest BCUT2D eigenvalue weighted by atomic mass is 16.4. The van der Waals surface area contributed by atoms with E-state index in [1.54, 1.807) is 6.08 Å². The van der Waals surface area contributed by atoms with Gasteiger partial charge in [0.2, 0.25) is 5.91 Å². The van der Waals surface area contributed by atoms with E-state index in [0.29, 0.717) is 19.5 Å². The lowest BCUT2D eigenvalue weighted by molar-refractivity contribution is -0.136. The predicted molar refractivity (Wildman–Crippen MR) is 91.1 cm³/mol. The molecule has 0 aromatic heterocycles. The maximum Gasteiger partial charge on any atom is 0.307 e. The van der Waals surface area contributed by atoms with Gasteiger partial charge >= 0.3 is 5.97 Å². The molecule has 0 aromatic carbocycles. The minimum Gasteiger partial charge on any atom is -0.481 e. The van der Waals surface area contributed by atoms with Gasteiger partial charge in [-0.15, -0.1) is 0 Å². The fourth-order valence-electron chi connectivity index (χ4n) is 1.55. The van der Waals surface area contributed by atoms with E-state index >= 15 is 0 Å². The zero-order chi connectivity index (χ0) is 17.9. The number of carboxylic acid groups (broad SMARTS) is 1. The smallest absolute Gasteiger partial charge is 0.307 e. The van der Waals surface area contributed by atoms with Crippen LogP contribution in [0.5, 0.6) is 0 Å². The highest BCUT2D eigenvalue weighted by Crippen LogP contribution is 1.97. The molecule has 134 valence electrons. The molecule has 0 atom stereocenters. The maximum atomic E-state index is 11.5. The molecular formula is C17H31NO5. The number of rotatable bonds is 11. The zero-order valence-corrected chi connectivity index (χ0v) is 14.3. The molecule has 0 radical (unpaired) electrons. The lowest BCUT2D eigenvalue weighted by Crippen LogP contribution is -2.35. The van der Waals surface area contributed by atoms with Crippen LogP contribution >= 0.6 is 0 Å². The number of carbonyl (C=O) groups is 2. The van der Waals surface area contributed by atoms with Gasteiger partial charge in [0.25, 0.3) is 0 Å². The Hall–Kier alpha value is -1.66. The lowest BCUT2D eigenvalue weighted by Gasteiger charge is -2.19. The molecular weight excluding hydrogens is 298 g/mol. The van der Waals surface area contributed by atoms with Crippen LogP contribution in [0.4, 0.5) is 0 Å². The second kappa shape index (κ2) is 18.4. The quantitative estimate of drug-likeness (QED) is 0.503. The fraction of sp³-hybridized carbons (Fsp3) is 0.647. The standard InChI is InChI=1S/C11H21NO3.C6H10O2/c1-2-3-4-5-6-11(15)12(7-9-13)8-10-14;1-2-3-4-5-6(7)8/h4-5,13-14H,2-3,6-10H2,1H3;3-4H,2,5H2,1H3,(H,7,8)/b5-4-;4-3-. The van der Waals surface area contributed by atoms with Crippen LogP contribution in [-0.2, 0) is 9.59 Å². The largest absolute Gasteiger partial charge is 0.481 e. The molecule has 0 saturated carbocycles. The van der Waals surface area contributed by atoms with E-state index in [-0.39, 0.29) is 25.5 Å². The van der Waals surface area contributed by atoms with Crippen molar-refractivity contribution in [1.29, 1.82) is 0 Å². The van der Waals surface area contributed by atoms with Crippen LogP contribution in [-0.4, -0.2) is 58.4 Å². The van der Waals surface area contributed by atoms with Crippen LogP contribution in [0.3, 0.4) is 0 Å². The number of aliphatic carboxylic acids is 1. The molecule has 0 rings (SSSR count). The van der Waals surface area contributed by atoms with E-state index in [4.69, 9.17) is 15.3 Å². The van der Waals surface area contributed by atoms with Gasteiger partial charge in [-0.25, -0.2) is 0 Å². The third-order valence-electron chi connectivity index (χ3n) is 2.70. The van der Waals surface area contributed by atoms with Crippen molar-refractivity contribution >= 4 is 11.9 Å². The SMILES string of the molecule is CC/C=C\CC(=O)O.CCC/C=C\CC(=O)N(CCO)CCO. The summed E-state index contributed by atoms with van der Waals surface area (Å²) in [5, 5.41) is 25.5. The minimum absolute atomic E-state index is 0.0505. The number of carbonyl (C=O) groups excluding carboxylic acids is 1. The fourth-order valence-corrected chi connectivity index (χ4v) is 1.55. The van der Waals surface area contributed by atoms with Crippen LogP contribution in [0, 0.1) is 0 Å². The molecule has 0 unspecified atom stereocenters. The Bertz CT molecular complexity index is 347. The molecule has 0 aliphatic heterocycles. The molecule has 6 heteroatoms. The Morgan fingerprint density at radius 1 is 0.913 bits per heavy atom. The van der Waals surface area contributed by atoms with E-state index in [0.717, 1.165) is 19.3 Å². The Kier molecular flexibility index (Phi) is 18.9. The summed E-state index contributed by atoms with van der Waals surface area (Å²) in [5.74, 6) is -0.819. The maximum absolute atomic E-state index is 11.5. The van der Waals surface area contributed by atoms with Crippen molar-refractivity contribution in [2.24, 2.45) is 0 Å². The van der Waals surface area contributed by atoms with Crippen molar-refractivity contribution in [3.05, 3.63) is 24.3 Å². The first-order valence-electron chi connectivity index (χ1n) is 8.04. The average molecular weight is 329 g/mol. The van der Waals surface area contributed by atoms with Crippen LogP contribution in [0.15, 0.2) is 24.3 Å². The monoisotopic (exact) mass is 329 g/mol. The van der Waals surface area contributed by atoms with Crippen LogP contribution in [0.2, 0.25) is 0 Å². The number of hydrogen-bond donors (Lipinski definition) is 3. The van der Waals surface area contributed by atoms with Gasteiger partial charge in [0, 0.05) is 19.5 Å². The van der Waals surface area contributed by atoms with Crippen molar-refractivity contribution < 1.29 is 24.9 Å². The number of unbranched alkanes of at least 4 members (excludes halogenated alkanes) is 1. The zero-order valence-electron chi connectivity index (χ0n) is 14.3. The molecule has 0 aliphatic rings. The summed E-state index contributed by atoms with van der Waals surface area (Å²) in [5.41, 5.74) is 0. The molecule has 3 N–H and O–H groups in total. The Morgan fingerprint density at radius 2 is 1.48 bits per heavy atom. The number of nitrogens with zero attached hydrogens (tertiary/aromatic N) is 1. The number of hydrogen-bond acceptors (Lipinski definition) is 4. The van der Waals surface area contributed by atoms with Crippen molar-refractivity contribution in [2.75, 3.05) is 26.3 Å². The van der Waals surface area contributed by atoms with Crippen molar-refractivity contribution in [3.63, 3.8) is 0 Å². The van der Waals surface area contributed by atoms with Gasteiger partial charge in [0.1, 0.15) is 0 Å². The van der Waals surface area contributed by atoms with E-state index < -0.39 is 5.97 Å². The molecule has 0 aliphatic carbocycles. The molecule has 0 aromatic rings. The molecule has 0 fully saturated rings. The molecule has 6 nitrogen and oxygen atoms in total. The van der Waals surface area contributed by atoms with Gasteiger partial charge in [0.05, 0.1) is 19.6 Å².